The molecule has 1 amide bonds. The highest BCUT2D eigenvalue weighted by Gasteiger charge is 2.32. The van der Waals surface area contributed by atoms with Crippen LogP contribution in [0.2, 0.25) is 0 Å². The molecule has 0 bridgehead atoms. The number of nitrogens with one attached hydrogen (secondary N) is 1. The van der Waals surface area contributed by atoms with Gasteiger partial charge in [0, 0.05) is 31.6 Å². The van der Waals surface area contributed by atoms with E-state index in [1.807, 2.05) is 40.8 Å². The summed E-state index contributed by atoms with van der Waals surface area (Å²) in [7, 11) is 1.88. The summed E-state index contributed by atoms with van der Waals surface area (Å²) in [6.45, 7) is 8.80. The number of likely N-dealkylation sites (tertiary alicyclic amines) is 1. The van der Waals surface area contributed by atoms with Crippen molar-refractivity contribution in [3.63, 3.8) is 0 Å². The van der Waals surface area contributed by atoms with Gasteiger partial charge in [0.05, 0.1) is 33.8 Å². The molecule has 5 heterocycles. The molecule has 1 fully saturated rings. The SMILES string of the molecule is Cc1cc(Nc2c(Br)c(C3CCCN(C(=O)OC(C)(C)C)C3)nc3c(-c4cnn(C)c4Br)cnn23)sn1. The van der Waals surface area contributed by atoms with Crippen molar-refractivity contribution >= 4 is 66.0 Å². The molecule has 1 atom stereocenters. The zero-order valence-corrected chi connectivity index (χ0v) is 25.2. The number of rotatable bonds is 4. The lowest BCUT2D eigenvalue weighted by molar-refractivity contribution is 0.0197. The molecule has 1 aliphatic heterocycles. The van der Waals surface area contributed by atoms with Gasteiger partial charge in [-0.05, 0) is 90.0 Å². The minimum absolute atomic E-state index is 0.0180. The average Bonchev–Trinajstić information content (AvgIpc) is 3.53. The molecule has 0 aliphatic carbocycles. The topological polar surface area (TPSA) is 102 Å². The Morgan fingerprint density at radius 2 is 1.97 bits per heavy atom. The van der Waals surface area contributed by atoms with E-state index in [1.165, 1.54) is 11.5 Å². The predicted molar refractivity (Wildman–Crippen MR) is 151 cm³/mol. The van der Waals surface area contributed by atoms with Crippen molar-refractivity contribution in [3.8, 4) is 11.1 Å². The maximum atomic E-state index is 12.9. The van der Waals surface area contributed by atoms with Gasteiger partial charge in [-0.2, -0.15) is 19.1 Å². The van der Waals surface area contributed by atoms with E-state index < -0.39 is 5.60 Å². The summed E-state index contributed by atoms with van der Waals surface area (Å²) in [6.07, 6.45) is 5.07. The molecule has 0 spiro atoms. The number of amides is 1. The molecule has 1 unspecified atom stereocenters. The van der Waals surface area contributed by atoms with Crippen molar-refractivity contribution in [3.05, 3.63) is 38.9 Å². The molecule has 1 aliphatic rings. The molecule has 5 rings (SSSR count). The molecule has 13 heteroatoms. The van der Waals surface area contributed by atoms with Crippen LogP contribution in [0.1, 0.15) is 50.9 Å². The lowest BCUT2D eigenvalue weighted by Gasteiger charge is -2.34. The van der Waals surface area contributed by atoms with Crippen molar-refractivity contribution in [2.24, 2.45) is 7.05 Å². The summed E-state index contributed by atoms with van der Waals surface area (Å²) in [4.78, 5) is 19.8. The Balaban J connectivity index is 1.60. The van der Waals surface area contributed by atoms with Crippen LogP contribution in [0.15, 0.2) is 27.5 Å². The second-order valence-corrected chi connectivity index (χ2v) is 12.5. The van der Waals surface area contributed by atoms with Crippen molar-refractivity contribution in [2.45, 2.75) is 52.1 Å². The summed E-state index contributed by atoms with van der Waals surface area (Å²) >= 11 is 8.85. The van der Waals surface area contributed by atoms with Gasteiger partial charge in [0.15, 0.2) is 11.5 Å². The lowest BCUT2D eigenvalue weighted by atomic mass is 9.94. The van der Waals surface area contributed by atoms with Crippen molar-refractivity contribution < 1.29 is 9.53 Å². The van der Waals surface area contributed by atoms with Gasteiger partial charge >= 0.3 is 6.09 Å². The van der Waals surface area contributed by atoms with E-state index in [0.29, 0.717) is 18.7 Å². The average molecular weight is 652 g/mol. The van der Waals surface area contributed by atoms with E-state index in [0.717, 1.165) is 55.3 Å². The molecule has 0 saturated carbocycles. The summed E-state index contributed by atoms with van der Waals surface area (Å²) in [5.74, 6) is 0.772. The molecular weight excluding hydrogens is 624 g/mol. The zero-order valence-electron chi connectivity index (χ0n) is 21.2. The maximum Gasteiger partial charge on any atom is 0.410 e. The summed E-state index contributed by atoms with van der Waals surface area (Å²) in [5.41, 5.74) is 3.72. The standard InChI is InChI=1S/C24H28Br2N8O2S/c1-13-9-17(37-31-13)29-22-18(25)19(14-7-6-8-33(12-14)23(35)36-24(2,3)4)30-21-16(11-28-34(21)22)15-10-27-32(5)20(15)26/h9-11,14,29H,6-8,12H2,1-5H3. The molecule has 4 aromatic rings. The van der Waals surface area contributed by atoms with Gasteiger partial charge in [-0.3, -0.25) is 4.68 Å². The van der Waals surface area contributed by atoms with E-state index in [9.17, 15) is 4.79 Å². The Morgan fingerprint density at radius 3 is 2.62 bits per heavy atom. The number of hydrogen-bond acceptors (Lipinski definition) is 8. The van der Waals surface area contributed by atoms with Gasteiger partial charge in [-0.25, -0.2) is 9.78 Å². The third-order valence-electron chi connectivity index (χ3n) is 6.10. The first-order chi connectivity index (χ1) is 17.5. The second-order valence-electron chi connectivity index (χ2n) is 10.1. The molecular formula is C24H28Br2N8O2S. The zero-order chi connectivity index (χ0) is 26.5. The fourth-order valence-electron chi connectivity index (χ4n) is 4.39. The van der Waals surface area contributed by atoms with E-state index in [2.05, 4.69) is 51.7 Å². The Labute approximate surface area is 235 Å². The highest BCUT2D eigenvalue weighted by Crippen LogP contribution is 2.40. The quantitative estimate of drug-likeness (QED) is 0.277. The van der Waals surface area contributed by atoms with Crippen LogP contribution in [0.5, 0.6) is 0 Å². The van der Waals surface area contributed by atoms with Crippen molar-refractivity contribution in [1.29, 1.82) is 0 Å². The molecule has 196 valence electrons. The first-order valence-corrected chi connectivity index (χ1v) is 14.3. The number of hydrogen-bond donors (Lipinski definition) is 1. The minimum Gasteiger partial charge on any atom is -0.444 e. The minimum atomic E-state index is -0.546. The number of carbonyl (C=O) groups excluding carboxylic acids is 1. The number of nitrogens with zero attached hydrogens (tertiary/aromatic N) is 7. The maximum absolute atomic E-state index is 12.9. The van der Waals surface area contributed by atoms with Crippen LogP contribution in [-0.2, 0) is 11.8 Å². The van der Waals surface area contributed by atoms with Gasteiger partial charge < -0.3 is 15.0 Å². The van der Waals surface area contributed by atoms with Crippen molar-refractivity contribution in [2.75, 3.05) is 18.4 Å². The van der Waals surface area contributed by atoms with Crippen molar-refractivity contribution in [1.82, 2.24) is 33.7 Å². The van der Waals surface area contributed by atoms with Crippen LogP contribution < -0.4 is 5.32 Å². The van der Waals surface area contributed by atoms with Crippen LogP contribution in [0.4, 0.5) is 15.6 Å². The number of piperidine rings is 1. The van der Waals surface area contributed by atoms with E-state index in [-0.39, 0.29) is 12.0 Å². The fraction of sp³-hybridized carbons (Fsp3) is 0.458. The molecule has 1 N–H and O–H groups in total. The fourth-order valence-corrected chi connectivity index (χ4v) is 6.14. The number of aryl methyl sites for hydroxylation is 2. The van der Waals surface area contributed by atoms with Crippen LogP contribution in [0, 0.1) is 6.92 Å². The highest BCUT2D eigenvalue weighted by molar-refractivity contribution is 9.11. The normalized spacial score (nSPS) is 16.4. The monoisotopic (exact) mass is 650 g/mol. The van der Waals surface area contributed by atoms with Crippen LogP contribution in [0.25, 0.3) is 16.8 Å². The number of carbonyl (C=O) groups is 1. The van der Waals surface area contributed by atoms with Gasteiger partial charge in [-0.1, -0.05) is 0 Å². The molecule has 0 radical (unpaired) electrons. The number of halogens is 2. The van der Waals surface area contributed by atoms with Gasteiger partial charge in [0.2, 0.25) is 0 Å². The molecule has 1 saturated heterocycles. The summed E-state index contributed by atoms with van der Waals surface area (Å²) in [6, 6.07) is 2.00. The van der Waals surface area contributed by atoms with Gasteiger partial charge in [-0.15, -0.1) is 0 Å². The first kappa shape index (κ1) is 26.1. The number of anilines is 2. The van der Waals surface area contributed by atoms with Gasteiger partial charge in [0.1, 0.15) is 15.2 Å². The molecule has 37 heavy (non-hydrogen) atoms. The van der Waals surface area contributed by atoms with E-state index >= 15 is 0 Å². The number of fused-ring (bicyclic) bond motifs is 1. The highest BCUT2D eigenvalue weighted by atomic mass is 79.9. The summed E-state index contributed by atoms with van der Waals surface area (Å²) < 4.78 is 15.3. The molecule has 4 aromatic heterocycles. The first-order valence-electron chi connectivity index (χ1n) is 11.9. The van der Waals surface area contributed by atoms with Crippen LogP contribution in [0.3, 0.4) is 0 Å². The molecule has 0 aromatic carbocycles. The number of ether oxygens (including phenoxy) is 1. The summed E-state index contributed by atoms with van der Waals surface area (Å²) in [5, 5.41) is 13.5. The number of aromatic nitrogens is 6. The smallest absolute Gasteiger partial charge is 0.410 e. The van der Waals surface area contributed by atoms with Crippen LogP contribution >= 0.6 is 43.4 Å². The largest absolute Gasteiger partial charge is 0.444 e. The Kier molecular flexibility index (Phi) is 7.05. The van der Waals surface area contributed by atoms with E-state index in [4.69, 9.17) is 9.72 Å². The second kappa shape index (κ2) is 9.99. The third-order valence-corrected chi connectivity index (χ3v) is 8.62. The molecule has 10 nitrogen and oxygen atoms in total. The van der Waals surface area contributed by atoms with Gasteiger partial charge in [0.25, 0.3) is 0 Å². The Hall–Kier alpha value is -2.51. The predicted octanol–water partition coefficient (Wildman–Crippen LogP) is 6.28. The lowest BCUT2D eigenvalue weighted by Crippen LogP contribution is -2.42. The van der Waals surface area contributed by atoms with E-state index in [1.54, 1.807) is 26.5 Å². The van der Waals surface area contributed by atoms with Crippen LogP contribution in [-0.4, -0.2) is 58.4 Å². The Bertz CT molecular complexity index is 1470. The Morgan fingerprint density at radius 1 is 1.22 bits per heavy atom. The third kappa shape index (κ3) is 5.26.